The topological polar surface area (TPSA) is 56.5 Å². The van der Waals surface area contributed by atoms with E-state index in [9.17, 15) is 8.78 Å². The van der Waals surface area contributed by atoms with Gasteiger partial charge in [0, 0.05) is 12.6 Å². The number of anilines is 2. The van der Waals surface area contributed by atoms with Gasteiger partial charge in [-0.05, 0) is 30.7 Å². The van der Waals surface area contributed by atoms with Crippen molar-refractivity contribution in [2.75, 3.05) is 24.8 Å². The number of benzene rings is 2. The van der Waals surface area contributed by atoms with E-state index in [0.29, 0.717) is 24.7 Å². The second-order valence-corrected chi connectivity index (χ2v) is 4.62. The summed E-state index contributed by atoms with van der Waals surface area (Å²) in [5, 5.41) is 2.87. The third-order valence-corrected chi connectivity index (χ3v) is 3.08. The highest BCUT2D eigenvalue weighted by molar-refractivity contribution is 5.67. The summed E-state index contributed by atoms with van der Waals surface area (Å²) in [4.78, 5) is 0. The van der Waals surface area contributed by atoms with Gasteiger partial charge in [0.2, 0.25) is 0 Å². The van der Waals surface area contributed by atoms with Crippen LogP contribution in [0.4, 0.5) is 20.2 Å². The van der Waals surface area contributed by atoms with Gasteiger partial charge >= 0.3 is 0 Å². The van der Waals surface area contributed by atoms with E-state index >= 15 is 0 Å². The normalized spacial score (nSPS) is 10.4. The van der Waals surface area contributed by atoms with E-state index in [-0.39, 0.29) is 11.4 Å². The lowest BCUT2D eigenvalue weighted by Gasteiger charge is -2.13. The van der Waals surface area contributed by atoms with Gasteiger partial charge in [-0.15, -0.1) is 0 Å². The molecule has 0 saturated heterocycles. The third kappa shape index (κ3) is 3.58. The number of ether oxygens (including phenoxy) is 2. The molecule has 0 spiro atoms. The first-order chi connectivity index (χ1) is 10.5. The Labute approximate surface area is 127 Å². The summed E-state index contributed by atoms with van der Waals surface area (Å²) in [5.74, 6) is -0.199. The van der Waals surface area contributed by atoms with Gasteiger partial charge in [-0.1, -0.05) is 6.07 Å². The van der Waals surface area contributed by atoms with Crippen LogP contribution in [0.2, 0.25) is 0 Å². The Balaban J connectivity index is 2.16. The van der Waals surface area contributed by atoms with E-state index in [4.69, 9.17) is 15.2 Å². The van der Waals surface area contributed by atoms with Crippen molar-refractivity contribution in [2.24, 2.45) is 0 Å². The Morgan fingerprint density at radius 2 is 1.91 bits per heavy atom. The highest BCUT2D eigenvalue weighted by Gasteiger charge is 2.10. The predicted octanol–water partition coefficient (Wildman–Crippen LogP) is 3.57. The fraction of sp³-hybridized carbons (Fsp3) is 0.250. The highest BCUT2D eigenvalue weighted by Crippen LogP contribution is 2.29. The quantitative estimate of drug-likeness (QED) is 0.801. The maximum Gasteiger partial charge on any atom is 0.161 e. The van der Waals surface area contributed by atoms with Crippen LogP contribution in [-0.2, 0) is 6.54 Å². The Hall–Kier alpha value is -2.50. The standard InChI is InChI=1S/C16H18F2N2O2/c1-3-22-15-6-10(4-5-14(15)21-2)9-20-16-12(18)7-11(17)8-13(16)19/h4-8,20H,3,9,19H2,1-2H3. The molecular weight excluding hydrogens is 290 g/mol. The molecule has 0 aliphatic rings. The Kier molecular flexibility index (Phi) is 5.04. The smallest absolute Gasteiger partial charge is 0.161 e. The van der Waals surface area contributed by atoms with Crippen molar-refractivity contribution in [2.45, 2.75) is 13.5 Å². The van der Waals surface area contributed by atoms with E-state index in [2.05, 4.69) is 5.32 Å². The number of nitrogens with one attached hydrogen (secondary N) is 1. The number of hydrogen-bond donors (Lipinski definition) is 2. The summed E-state index contributed by atoms with van der Waals surface area (Å²) >= 11 is 0. The van der Waals surface area contributed by atoms with Gasteiger partial charge in [-0.3, -0.25) is 0 Å². The van der Waals surface area contributed by atoms with Crippen molar-refractivity contribution in [3.63, 3.8) is 0 Å². The van der Waals surface area contributed by atoms with Crippen molar-refractivity contribution >= 4 is 11.4 Å². The van der Waals surface area contributed by atoms with Crippen LogP contribution in [0.3, 0.4) is 0 Å². The molecule has 3 N–H and O–H groups in total. The van der Waals surface area contributed by atoms with Crippen molar-refractivity contribution in [1.82, 2.24) is 0 Å². The van der Waals surface area contributed by atoms with Crippen LogP contribution in [0.1, 0.15) is 12.5 Å². The lowest BCUT2D eigenvalue weighted by atomic mass is 10.2. The minimum Gasteiger partial charge on any atom is -0.493 e. The zero-order valence-electron chi connectivity index (χ0n) is 12.5. The maximum atomic E-state index is 13.7. The largest absolute Gasteiger partial charge is 0.493 e. The average molecular weight is 308 g/mol. The Morgan fingerprint density at radius 3 is 2.55 bits per heavy atom. The number of rotatable bonds is 6. The van der Waals surface area contributed by atoms with Crippen molar-refractivity contribution in [1.29, 1.82) is 0 Å². The molecule has 118 valence electrons. The van der Waals surface area contributed by atoms with Crippen molar-refractivity contribution < 1.29 is 18.3 Å². The van der Waals surface area contributed by atoms with Crippen LogP contribution in [-0.4, -0.2) is 13.7 Å². The monoisotopic (exact) mass is 308 g/mol. The first kappa shape index (κ1) is 15.9. The third-order valence-electron chi connectivity index (χ3n) is 3.08. The van der Waals surface area contributed by atoms with Gasteiger partial charge in [0.15, 0.2) is 17.3 Å². The number of halogens is 2. The molecule has 0 amide bonds. The summed E-state index contributed by atoms with van der Waals surface area (Å²) in [6.45, 7) is 2.70. The molecule has 0 aliphatic carbocycles. The second-order valence-electron chi connectivity index (χ2n) is 4.62. The molecule has 0 atom stereocenters. The first-order valence-electron chi connectivity index (χ1n) is 6.83. The molecule has 0 unspecified atom stereocenters. The van der Waals surface area contributed by atoms with Gasteiger partial charge in [-0.25, -0.2) is 8.78 Å². The first-order valence-corrected chi connectivity index (χ1v) is 6.83. The molecular formula is C16H18F2N2O2. The summed E-state index contributed by atoms with van der Waals surface area (Å²) in [5.41, 5.74) is 6.58. The SMILES string of the molecule is CCOc1cc(CNc2c(N)cc(F)cc2F)ccc1OC. The fourth-order valence-corrected chi connectivity index (χ4v) is 2.07. The Bertz CT molecular complexity index is 640. The van der Waals surface area contributed by atoms with Crippen LogP contribution >= 0.6 is 0 Å². The number of hydrogen-bond acceptors (Lipinski definition) is 4. The van der Waals surface area contributed by atoms with Crippen LogP contribution in [0.15, 0.2) is 30.3 Å². The second kappa shape index (κ2) is 6.98. The lowest BCUT2D eigenvalue weighted by molar-refractivity contribution is 0.310. The van der Waals surface area contributed by atoms with Crippen molar-refractivity contribution in [3.05, 3.63) is 47.5 Å². The van der Waals surface area contributed by atoms with Crippen LogP contribution in [0.5, 0.6) is 11.5 Å². The molecule has 2 aromatic rings. The Morgan fingerprint density at radius 1 is 1.14 bits per heavy atom. The summed E-state index contributed by atoms with van der Waals surface area (Å²) in [6.07, 6.45) is 0. The molecule has 22 heavy (non-hydrogen) atoms. The van der Waals surface area contributed by atoms with Crippen LogP contribution < -0.4 is 20.5 Å². The number of methoxy groups -OCH3 is 1. The van der Waals surface area contributed by atoms with Gasteiger partial charge in [0.25, 0.3) is 0 Å². The van der Waals surface area contributed by atoms with Crippen LogP contribution in [0.25, 0.3) is 0 Å². The van der Waals surface area contributed by atoms with Crippen molar-refractivity contribution in [3.8, 4) is 11.5 Å². The molecule has 6 heteroatoms. The minimum atomic E-state index is -0.726. The molecule has 0 aromatic heterocycles. The predicted molar refractivity (Wildman–Crippen MR) is 82.3 cm³/mol. The zero-order chi connectivity index (χ0) is 16.1. The lowest BCUT2D eigenvalue weighted by Crippen LogP contribution is -2.06. The van der Waals surface area contributed by atoms with E-state index in [1.54, 1.807) is 19.2 Å². The molecule has 0 heterocycles. The maximum absolute atomic E-state index is 13.7. The van der Waals surface area contributed by atoms with E-state index in [1.807, 2.05) is 13.0 Å². The summed E-state index contributed by atoms with van der Waals surface area (Å²) in [6, 6.07) is 7.26. The van der Waals surface area contributed by atoms with E-state index in [0.717, 1.165) is 17.7 Å². The van der Waals surface area contributed by atoms with Gasteiger partial charge in [0.05, 0.1) is 25.1 Å². The van der Waals surface area contributed by atoms with E-state index < -0.39 is 11.6 Å². The molecule has 0 aliphatic heterocycles. The zero-order valence-corrected chi connectivity index (χ0v) is 12.5. The number of nitrogen functional groups attached to an aromatic ring is 1. The summed E-state index contributed by atoms with van der Waals surface area (Å²) < 4.78 is 37.4. The molecule has 0 saturated carbocycles. The molecule has 2 rings (SSSR count). The average Bonchev–Trinajstić information content (AvgIpc) is 2.46. The molecule has 2 aromatic carbocycles. The molecule has 0 radical (unpaired) electrons. The molecule has 0 bridgehead atoms. The van der Waals surface area contributed by atoms with Crippen LogP contribution in [0, 0.1) is 11.6 Å². The summed E-state index contributed by atoms with van der Waals surface area (Å²) in [7, 11) is 1.56. The molecule has 0 fully saturated rings. The number of nitrogens with two attached hydrogens (primary N) is 1. The molecule has 4 nitrogen and oxygen atoms in total. The minimum absolute atomic E-state index is 0.0241. The van der Waals surface area contributed by atoms with E-state index in [1.165, 1.54) is 0 Å². The van der Waals surface area contributed by atoms with Gasteiger partial charge in [-0.2, -0.15) is 0 Å². The van der Waals surface area contributed by atoms with Gasteiger partial charge < -0.3 is 20.5 Å². The van der Waals surface area contributed by atoms with Gasteiger partial charge in [0.1, 0.15) is 5.82 Å². The fourth-order valence-electron chi connectivity index (χ4n) is 2.07. The highest BCUT2D eigenvalue weighted by atomic mass is 19.1.